The lowest BCUT2D eigenvalue weighted by molar-refractivity contribution is 0.280. The predicted molar refractivity (Wildman–Crippen MR) is 153 cm³/mol. The number of aryl methyl sites for hydroxylation is 1. The summed E-state index contributed by atoms with van der Waals surface area (Å²) in [5.74, 6) is 0. The van der Waals surface area contributed by atoms with Crippen molar-refractivity contribution in [2.75, 3.05) is 0 Å². The summed E-state index contributed by atoms with van der Waals surface area (Å²) < 4.78 is 0. The average molecular weight is 473 g/mol. The van der Waals surface area contributed by atoms with Crippen molar-refractivity contribution >= 4 is 0 Å². The SMILES string of the molecule is CCCCCCCCCCCCc1c(CO)cc(C)c(C)c1CCCCCCCCCCCC. The Bertz CT molecular complexity index is 603. The van der Waals surface area contributed by atoms with Crippen molar-refractivity contribution in [3.63, 3.8) is 0 Å². The third kappa shape index (κ3) is 13.9. The Labute approximate surface area is 214 Å². The number of benzene rings is 1. The Balaban J connectivity index is 2.38. The monoisotopic (exact) mass is 472 g/mol. The largest absolute Gasteiger partial charge is 0.392 e. The molecule has 0 aliphatic heterocycles. The van der Waals surface area contributed by atoms with Gasteiger partial charge in [-0.25, -0.2) is 0 Å². The first-order valence-corrected chi connectivity index (χ1v) is 15.4. The Morgan fingerprint density at radius 2 is 0.853 bits per heavy atom. The zero-order chi connectivity index (χ0) is 24.9. The van der Waals surface area contributed by atoms with Crippen molar-refractivity contribution in [3.8, 4) is 0 Å². The van der Waals surface area contributed by atoms with Gasteiger partial charge in [0.1, 0.15) is 0 Å². The van der Waals surface area contributed by atoms with Crippen LogP contribution in [0.2, 0.25) is 0 Å². The average Bonchev–Trinajstić information content (AvgIpc) is 2.84. The van der Waals surface area contributed by atoms with Crippen LogP contribution in [-0.4, -0.2) is 5.11 Å². The van der Waals surface area contributed by atoms with E-state index in [1.54, 1.807) is 5.56 Å². The molecule has 0 aliphatic rings. The van der Waals surface area contributed by atoms with E-state index in [2.05, 4.69) is 33.8 Å². The van der Waals surface area contributed by atoms with Gasteiger partial charge >= 0.3 is 0 Å². The molecule has 0 unspecified atom stereocenters. The molecule has 1 aromatic rings. The number of rotatable bonds is 23. The van der Waals surface area contributed by atoms with Crippen molar-refractivity contribution in [3.05, 3.63) is 33.9 Å². The van der Waals surface area contributed by atoms with Crippen LogP contribution in [0, 0.1) is 13.8 Å². The van der Waals surface area contributed by atoms with Crippen LogP contribution in [0.4, 0.5) is 0 Å². The molecule has 1 heteroatoms. The molecule has 0 aliphatic carbocycles. The van der Waals surface area contributed by atoms with E-state index >= 15 is 0 Å². The van der Waals surface area contributed by atoms with Crippen molar-refractivity contribution in [2.45, 2.75) is 176 Å². The van der Waals surface area contributed by atoms with Gasteiger partial charge in [-0.3, -0.25) is 0 Å². The molecule has 1 rings (SSSR count). The standard InChI is InChI=1S/C33H60O/c1-5-7-9-11-13-15-17-19-21-23-25-32-30(4)29(3)27-31(28-34)33(32)26-24-22-20-18-16-14-12-10-8-6-2/h27,34H,5-26,28H2,1-4H3. The Morgan fingerprint density at radius 3 is 1.24 bits per heavy atom. The van der Waals surface area contributed by atoms with Crippen LogP contribution in [0.3, 0.4) is 0 Å². The summed E-state index contributed by atoms with van der Waals surface area (Å²) in [6, 6.07) is 2.25. The summed E-state index contributed by atoms with van der Waals surface area (Å²) in [7, 11) is 0. The minimum Gasteiger partial charge on any atom is -0.392 e. The van der Waals surface area contributed by atoms with Crippen LogP contribution < -0.4 is 0 Å². The number of unbranched alkanes of at least 4 members (excludes halogenated alkanes) is 18. The minimum atomic E-state index is 0.194. The van der Waals surface area contributed by atoms with Gasteiger partial charge in [-0.2, -0.15) is 0 Å². The minimum absolute atomic E-state index is 0.194. The lowest BCUT2D eigenvalue weighted by atomic mass is 9.87. The second kappa shape index (κ2) is 21.5. The molecule has 198 valence electrons. The van der Waals surface area contributed by atoms with Crippen LogP contribution in [-0.2, 0) is 19.4 Å². The summed E-state index contributed by atoms with van der Waals surface area (Å²) in [5.41, 5.74) is 7.09. The van der Waals surface area contributed by atoms with Crippen LogP contribution in [0.15, 0.2) is 6.07 Å². The second-order valence-corrected chi connectivity index (χ2v) is 11.0. The predicted octanol–water partition coefficient (Wildman–Crippen LogP) is 10.7. The molecular weight excluding hydrogens is 412 g/mol. The van der Waals surface area contributed by atoms with E-state index in [0.717, 1.165) is 6.42 Å². The Hall–Kier alpha value is -0.820. The molecule has 0 atom stereocenters. The fourth-order valence-corrected chi connectivity index (χ4v) is 5.48. The molecule has 34 heavy (non-hydrogen) atoms. The molecule has 0 amide bonds. The van der Waals surface area contributed by atoms with Gasteiger partial charge in [0, 0.05) is 0 Å². The zero-order valence-corrected chi connectivity index (χ0v) is 23.8. The second-order valence-electron chi connectivity index (χ2n) is 11.0. The van der Waals surface area contributed by atoms with Gasteiger partial charge in [0.2, 0.25) is 0 Å². The van der Waals surface area contributed by atoms with Crippen LogP contribution in [0.25, 0.3) is 0 Å². The van der Waals surface area contributed by atoms with E-state index in [1.165, 1.54) is 157 Å². The van der Waals surface area contributed by atoms with Crippen molar-refractivity contribution in [1.29, 1.82) is 0 Å². The molecule has 1 N–H and O–H groups in total. The topological polar surface area (TPSA) is 20.2 Å². The highest BCUT2D eigenvalue weighted by Crippen LogP contribution is 2.27. The summed E-state index contributed by atoms with van der Waals surface area (Å²) in [5, 5.41) is 10.1. The molecular formula is C33H60O. The highest BCUT2D eigenvalue weighted by Gasteiger charge is 2.13. The van der Waals surface area contributed by atoms with Crippen molar-refractivity contribution in [1.82, 2.24) is 0 Å². The first kappa shape index (κ1) is 31.2. The molecule has 0 heterocycles. The van der Waals surface area contributed by atoms with Gasteiger partial charge in [-0.1, -0.05) is 135 Å². The smallest absolute Gasteiger partial charge is 0.0684 e. The lowest BCUT2D eigenvalue weighted by Gasteiger charge is -2.19. The molecule has 0 radical (unpaired) electrons. The summed E-state index contributed by atoms with van der Waals surface area (Å²) >= 11 is 0. The highest BCUT2D eigenvalue weighted by atomic mass is 16.3. The molecule has 0 saturated heterocycles. The van der Waals surface area contributed by atoms with Gasteiger partial charge in [0.25, 0.3) is 0 Å². The van der Waals surface area contributed by atoms with E-state index in [4.69, 9.17) is 0 Å². The normalized spacial score (nSPS) is 11.4. The van der Waals surface area contributed by atoms with Gasteiger partial charge in [0.05, 0.1) is 6.61 Å². The zero-order valence-electron chi connectivity index (χ0n) is 23.8. The van der Waals surface area contributed by atoms with Crippen molar-refractivity contribution < 1.29 is 5.11 Å². The maximum atomic E-state index is 10.1. The number of aliphatic hydroxyl groups is 1. The third-order valence-corrected chi connectivity index (χ3v) is 7.92. The van der Waals surface area contributed by atoms with Crippen molar-refractivity contribution in [2.24, 2.45) is 0 Å². The summed E-state index contributed by atoms with van der Waals surface area (Å²) in [6.45, 7) is 9.31. The van der Waals surface area contributed by atoms with E-state index in [1.807, 2.05) is 0 Å². The summed E-state index contributed by atoms with van der Waals surface area (Å²) in [4.78, 5) is 0. The van der Waals surface area contributed by atoms with Crippen LogP contribution in [0.5, 0.6) is 0 Å². The van der Waals surface area contributed by atoms with E-state index < -0.39 is 0 Å². The summed E-state index contributed by atoms with van der Waals surface area (Å²) in [6.07, 6.45) is 30.1. The van der Waals surface area contributed by atoms with Gasteiger partial charge in [-0.15, -0.1) is 0 Å². The highest BCUT2D eigenvalue weighted by molar-refractivity contribution is 5.45. The maximum absolute atomic E-state index is 10.1. The molecule has 0 aromatic heterocycles. The van der Waals surface area contributed by atoms with Gasteiger partial charge < -0.3 is 5.11 Å². The maximum Gasteiger partial charge on any atom is 0.0684 e. The molecule has 1 aromatic carbocycles. The van der Waals surface area contributed by atoms with Gasteiger partial charge in [0.15, 0.2) is 0 Å². The quantitative estimate of drug-likeness (QED) is 0.157. The molecule has 0 fully saturated rings. The fourth-order valence-electron chi connectivity index (χ4n) is 5.48. The fraction of sp³-hybridized carbons (Fsp3) is 0.818. The molecule has 1 nitrogen and oxygen atoms in total. The van der Waals surface area contributed by atoms with E-state index in [-0.39, 0.29) is 6.61 Å². The number of hydrogen-bond donors (Lipinski definition) is 1. The number of hydrogen-bond acceptors (Lipinski definition) is 1. The van der Waals surface area contributed by atoms with Crippen LogP contribution >= 0.6 is 0 Å². The Morgan fingerprint density at radius 1 is 0.500 bits per heavy atom. The first-order valence-electron chi connectivity index (χ1n) is 15.4. The first-order chi connectivity index (χ1) is 16.7. The van der Waals surface area contributed by atoms with E-state index in [0.29, 0.717) is 0 Å². The third-order valence-electron chi connectivity index (χ3n) is 7.92. The molecule has 0 bridgehead atoms. The van der Waals surface area contributed by atoms with Crippen LogP contribution in [0.1, 0.15) is 170 Å². The number of aliphatic hydroxyl groups excluding tert-OH is 1. The van der Waals surface area contributed by atoms with E-state index in [9.17, 15) is 5.11 Å². The molecule has 0 saturated carbocycles. The lowest BCUT2D eigenvalue weighted by Crippen LogP contribution is -2.06. The van der Waals surface area contributed by atoms with Gasteiger partial charge in [-0.05, 0) is 67.3 Å². The molecule has 0 spiro atoms. The Kier molecular flexibility index (Phi) is 19.7.